The topological polar surface area (TPSA) is 68.1 Å². The zero-order valence-electron chi connectivity index (χ0n) is 12.5. The lowest BCUT2D eigenvalue weighted by molar-refractivity contribution is 0.408. The van der Waals surface area contributed by atoms with E-state index in [9.17, 15) is 5.11 Å². The summed E-state index contributed by atoms with van der Waals surface area (Å²) in [4.78, 5) is 13.3. The molecule has 2 heterocycles. The quantitative estimate of drug-likeness (QED) is 0.800. The number of benzene rings is 1. The summed E-state index contributed by atoms with van der Waals surface area (Å²) < 4.78 is 5.12. The molecule has 0 radical (unpaired) electrons. The molecule has 0 saturated heterocycles. The Labute approximate surface area is 132 Å². The van der Waals surface area contributed by atoms with Gasteiger partial charge in [0.15, 0.2) is 0 Å². The molecule has 0 aliphatic heterocycles. The van der Waals surface area contributed by atoms with Gasteiger partial charge >= 0.3 is 0 Å². The molecule has 0 amide bonds. The second-order valence-electron chi connectivity index (χ2n) is 4.81. The highest BCUT2D eigenvalue weighted by molar-refractivity contribution is 7.09. The number of hydrogen-bond acceptors (Lipinski definition) is 6. The van der Waals surface area contributed by atoms with Crippen molar-refractivity contribution in [2.24, 2.45) is 0 Å². The van der Waals surface area contributed by atoms with Crippen molar-refractivity contribution in [3.8, 4) is 34.0 Å². The number of rotatable bonds is 3. The lowest BCUT2D eigenvalue weighted by Crippen LogP contribution is -1.96. The van der Waals surface area contributed by atoms with E-state index in [-0.39, 0.29) is 5.75 Å². The van der Waals surface area contributed by atoms with E-state index in [4.69, 9.17) is 4.74 Å². The van der Waals surface area contributed by atoms with Crippen LogP contribution in [-0.2, 0) is 0 Å². The van der Waals surface area contributed by atoms with Crippen LogP contribution in [0.25, 0.3) is 22.5 Å². The van der Waals surface area contributed by atoms with Crippen LogP contribution in [0.2, 0.25) is 0 Å². The normalized spacial score (nSPS) is 10.7. The van der Waals surface area contributed by atoms with Gasteiger partial charge in [0, 0.05) is 28.8 Å². The minimum Gasteiger partial charge on any atom is -0.507 e. The Hall–Kier alpha value is -2.47. The van der Waals surface area contributed by atoms with Crippen molar-refractivity contribution in [3.63, 3.8) is 0 Å². The Morgan fingerprint density at radius 1 is 1.14 bits per heavy atom. The minimum atomic E-state index is 0.116. The molecule has 0 saturated carbocycles. The van der Waals surface area contributed by atoms with Crippen molar-refractivity contribution in [1.82, 2.24) is 15.0 Å². The van der Waals surface area contributed by atoms with Crippen molar-refractivity contribution in [2.75, 3.05) is 7.11 Å². The third-order valence-electron chi connectivity index (χ3n) is 3.26. The summed E-state index contributed by atoms with van der Waals surface area (Å²) in [5, 5.41) is 13.2. The van der Waals surface area contributed by atoms with Crippen LogP contribution in [0.15, 0.2) is 29.8 Å². The molecule has 1 N–H and O–H groups in total. The van der Waals surface area contributed by atoms with E-state index >= 15 is 0 Å². The highest BCUT2D eigenvalue weighted by atomic mass is 32.1. The monoisotopic (exact) mass is 313 g/mol. The van der Waals surface area contributed by atoms with E-state index < -0.39 is 0 Å². The van der Waals surface area contributed by atoms with E-state index in [1.807, 2.05) is 19.2 Å². The van der Waals surface area contributed by atoms with Crippen LogP contribution in [0.1, 0.15) is 10.8 Å². The molecular formula is C16H15N3O2S. The number of phenols is 1. The van der Waals surface area contributed by atoms with Crippen LogP contribution >= 0.6 is 11.3 Å². The summed E-state index contributed by atoms with van der Waals surface area (Å²) in [6.07, 6.45) is 1.75. The molecule has 112 valence electrons. The summed E-state index contributed by atoms with van der Waals surface area (Å²) in [7, 11) is 1.56. The summed E-state index contributed by atoms with van der Waals surface area (Å²) in [6, 6.07) is 5.16. The van der Waals surface area contributed by atoms with Gasteiger partial charge in [0.1, 0.15) is 17.3 Å². The Kier molecular flexibility index (Phi) is 3.77. The number of aryl methyl sites for hydroxylation is 2. The first-order valence-corrected chi connectivity index (χ1v) is 7.60. The number of aromatic hydroxyl groups is 1. The Balaban J connectivity index is 2.19. The third-order valence-corrected chi connectivity index (χ3v) is 4.04. The molecule has 2 aromatic heterocycles. The molecule has 0 spiro atoms. The summed E-state index contributed by atoms with van der Waals surface area (Å²) in [5.74, 6) is 1.35. The van der Waals surface area contributed by atoms with Crippen LogP contribution in [0, 0.1) is 13.8 Å². The van der Waals surface area contributed by atoms with Gasteiger partial charge in [-0.25, -0.2) is 15.0 Å². The molecular weight excluding hydrogens is 298 g/mol. The van der Waals surface area contributed by atoms with E-state index in [0.717, 1.165) is 16.3 Å². The highest BCUT2D eigenvalue weighted by Gasteiger charge is 2.16. The van der Waals surface area contributed by atoms with Crippen LogP contribution in [0.3, 0.4) is 0 Å². The molecule has 6 heteroatoms. The first kappa shape index (κ1) is 14.5. The van der Waals surface area contributed by atoms with Crippen LogP contribution in [0.4, 0.5) is 0 Å². The molecule has 0 fully saturated rings. The largest absolute Gasteiger partial charge is 0.507 e. The van der Waals surface area contributed by atoms with Crippen molar-refractivity contribution in [3.05, 3.63) is 40.6 Å². The maximum absolute atomic E-state index is 10.3. The highest BCUT2D eigenvalue weighted by Crippen LogP contribution is 2.37. The smallest absolute Gasteiger partial charge is 0.128 e. The molecule has 3 aromatic rings. The van der Waals surface area contributed by atoms with Gasteiger partial charge in [-0.15, -0.1) is 11.3 Å². The average molecular weight is 313 g/mol. The number of hydrogen-bond donors (Lipinski definition) is 1. The number of nitrogens with zero attached hydrogens (tertiary/aromatic N) is 3. The fraction of sp³-hybridized carbons (Fsp3) is 0.188. The van der Waals surface area contributed by atoms with Crippen molar-refractivity contribution in [1.29, 1.82) is 0 Å². The van der Waals surface area contributed by atoms with Crippen LogP contribution < -0.4 is 4.74 Å². The third kappa shape index (κ3) is 2.65. The molecule has 0 bridgehead atoms. The molecule has 0 aliphatic carbocycles. The van der Waals surface area contributed by atoms with Gasteiger partial charge in [-0.2, -0.15) is 0 Å². The fourth-order valence-electron chi connectivity index (χ4n) is 2.19. The summed E-state index contributed by atoms with van der Waals surface area (Å²) >= 11 is 1.57. The number of methoxy groups -OCH3 is 1. The van der Waals surface area contributed by atoms with Gasteiger partial charge in [-0.3, -0.25) is 0 Å². The van der Waals surface area contributed by atoms with Crippen molar-refractivity contribution in [2.45, 2.75) is 13.8 Å². The van der Waals surface area contributed by atoms with E-state index in [2.05, 4.69) is 15.0 Å². The molecule has 3 rings (SSSR count). The van der Waals surface area contributed by atoms with Gasteiger partial charge < -0.3 is 9.84 Å². The van der Waals surface area contributed by atoms with Gasteiger partial charge in [-0.05, 0) is 26.0 Å². The molecule has 0 atom stereocenters. The standard InChI is InChI=1S/C16H15N3O2S/c1-9-17-7-13(14-8-22-10(2)19-14)16(18-9)12-5-4-11(21-3)6-15(12)20/h4-8,20H,1-3H3. The van der Waals surface area contributed by atoms with E-state index in [1.54, 1.807) is 42.8 Å². The predicted octanol–water partition coefficient (Wildman–Crippen LogP) is 3.60. The minimum absolute atomic E-state index is 0.116. The SMILES string of the molecule is COc1ccc(-c2nc(C)ncc2-c2csc(C)n2)c(O)c1. The van der Waals surface area contributed by atoms with E-state index in [0.29, 0.717) is 22.8 Å². The first-order chi connectivity index (χ1) is 10.6. The maximum atomic E-state index is 10.3. The van der Waals surface area contributed by atoms with Crippen molar-refractivity contribution < 1.29 is 9.84 Å². The summed E-state index contributed by atoms with van der Waals surface area (Å²) in [5.41, 5.74) is 2.91. The first-order valence-electron chi connectivity index (χ1n) is 6.72. The molecule has 0 unspecified atom stereocenters. The number of aromatic nitrogens is 3. The molecule has 0 aliphatic rings. The number of phenolic OH excluding ortho intramolecular Hbond substituents is 1. The maximum Gasteiger partial charge on any atom is 0.128 e. The zero-order chi connectivity index (χ0) is 15.7. The lowest BCUT2D eigenvalue weighted by atomic mass is 10.0. The number of thiazole rings is 1. The van der Waals surface area contributed by atoms with Crippen molar-refractivity contribution >= 4 is 11.3 Å². The van der Waals surface area contributed by atoms with Crippen LogP contribution in [-0.4, -0.2) is 27.2 Å². The molecule has 22 heavy (non-hydrogen) atoms. The van der Waals surface area contributed by atoms with Gasteiger partial charge in [0.2, 0.25) is 0 Å². The Morgan fingerprint density at radius 3 is 2.59 bits per heavy atom. The second-order valence-corrected chi connectivity index (χ2v) is 5.88. The number of ether oxygens (including phenoxy) is 1. The Bertz CT molecular complexity index is 830. The second kappa shape index (κ2) is 5.73. The predicted molar refractivity (Wildman–Crippen MR) is 86.3 cm³/mol. The summed E-state index contributed by atoms with van der Waals surface area (Å²) in [6.45, 7) is 3.77. The van der Waals surface area contributed by atoms with Crippen LogP contribution in [0.5, 0.6) is 11.5 Å². The lowest BCUT2D eigenvalue weighted by Gasteiger charge is -2.10. The van der Waals surface area contributed by atoms with Gasteiger partial charge in [-0.1, -0.05) is 0 Å². The zero-order valence-corrected chi connectivity index (χ0v) is 13.3. The molecule has 1 aromatic carbocycles. The fourth-order valence-corrected chi connectivity index (χ4v) is 2.80. The van der Waals surface area contributed by atoms with Gasteiger partial charge in [0.05, 0.1) is 23.5 Å². The molecule has 5 nitrogen and oxygen atoms in total. The van der Waals surface area contributed by atoms with Gasteiger partial charge in [0.25, 0.3) is 0 Å². The van der Waals surface area contributed by atoms with E-state index in [1.165, 1.54) is 0 Å². The average Bonchev–Trinajstić information content (AvgIpc) is 2.93. The Morgan fingerprint density at radius 2 is 1.95 bits per heavy atom.